The Labute approximate surface area is 146 Å². The predicted molar refractivity (Wildman–Crippen MR) is 92.3 cm³/mol. The molecule has 0 saturated heterocycles. The highest BCUT2D eigenvalue weighted by molar-refractivity contribution is 7.89. The van der Waals surface area contributed by atoms with Crippen molar-refractivity contribution in [2.24, 2.45) is 8.80 Å². The van der Waals surface area contributed by atoms with Crippen LogP contribution in [0.25, 0.3) is 0 Å². The van der Waals surface area contributed by atoms with Crippen molar-refractivity contribution in [1.82, 2.24) is 4.31 Å². The summed E-state index contributed by atoms with van der Waals surface area (Å²) >= 11 is 4.08. The molecule has 12 heteroatoms. The van der Waals surface area contributed by atoms with Gasteiger partial charge in [-0.05, 0) is 19.1 Å². The van der Waals surface area contributed by atoms with Gasteiger partial charge < -0.3 is 15.2 Å². The Morgan fingerprint density at radius 2 is 2.04 bits per heavy atom. The molecule has 0 fully saturated rings. The molecular weight excluding hydrogens is 380 g/mol. The average molecular weight is 395 g/mol. The summed E-state index contributed by atoms with van der Waals surface area (Å²) in [5.41, 5.74) is 0.00452. The minimum Gasteiger partial charge on any atom is -0.504 e. The molecule has 1 unspecified atom stereocenters. The van der Waals surface area contributed by atoms with Crippen molar-refractivity contribution >= 4 is 50.2 Å². The Morgan fingerprint density at radius 1 is 1.38 bits per heavy atom. The van der Waals surface area contributed by atoms with Crippen LogP contribution < -0.4 is 5.32 Å². The first kappa shape index (κ1) is 18.6. The number of sulfonamides is 1. The number of amidine groups is 1. The lowest BCUT2D eigenvalue weighted by atomic mass is 10.3. The fraction of sp³-hybridized carbons (Fsp3) is 0.333. The predicted octanol–water partition coefficient (Wildman–Crippen LogP) is 1.13. The normalized spacial score (nSPS) is 17.6. The fourth-order valence-electron chi connectivity index (χ4n) is 1.76. The number of phenols is 1. The second kappa shape index (κ2) is 7.05. The van der Waals surface area contributed by atoms with Gasteiger partial charge in [0, 0.05) is 14.1 Å². The monoisotopic (exact) mass is 394 g/mol. The Morgan fingerprint density at radius 3 is 2.62 bits per heavy atom. The third kappa shape index (κ3) is 3.53. The number of phenolic OH excluding ortho intramolecular Hbond substituents is 1. The van der Waals surface area contributed by atoms with E-state index in [1.807, 2.05) is 0 Å². The van der Waals surface area contributed by atoms with Gasteiger partial charge in [-0.3, -0.25) is 0 Å². The SMILES string of the molecule is CCOC1=NS(=O)N=C1Nc1ccc(Cl)c(S(=O)(=O)N(C)C)c1O. The minimum atomic E-state index is -3.98. The summed E-state index contributed by atoms with van der Waals surface area (Å²) in [6.45, 7) is 1.98. The van der Waals surface area contributed by atoms with Crippen LogP contribution in [0.3, 0.4) is 0 Å². The van der Waals surface area contributed by atoms with Crippen LogP contribution in [0, 0.1) is 0 Å². The van der Waals surface area contributed by atoms with Gasteiger partial charge in [0.25, 0.3) is 17.1 Å². The standard InChI is InChI=1S/C12H15ClN4O5S2/c1-4-22-12-11(15-23(19)16-12)14-8-6-5-7(13)10(9(8)18)24(20,21)17(2)3/h5-6,18H,4H2,1-3H3,(H,14,15). The summed E-state index contributed by atoms with van der Waals surface area (Å²) in [4.78, 5) is -0.450. The van der Waals surface area contributed by atoms with Crippen LogP contribution >= 0.6 is 11.6 Å². The highest BCUT2D eigenvalue weighted by Gasteiger charge is 2.28. The molecule has 0 aromatic heterocycles. The molecule has 2 N–H and O–H groups in total. The van der Waals surface area contributed by atoms with Crippen LogP contribution in [-0.2, 0) is 25.9 Å². The third-order valence-electron chi connectivity index (χ3n) is 2.89. The summed E-state index contributed by atoms with van der Waals surface area (Å²) in [6.07, 6.45) is 0. The molecule has 9 nitrogen and oxygen atoms in total. The topological polar surface area (TPSA) is 121 Å². The van der Waals surface area contributed by atoms with Crippen LogP contribution in [0.4, 0.5) is 5.69 Å². The molecule has 24 heavy (non-hydrogen) atoms. The number of hydrogen-bond acceptors (Lipinski definition) is 6. The van der Waals surface area contributed by atoms with Crippen LogP contribution in [0.5, 0.6) is 5.75 Å². The number of rotatable bonds is 4. The van der Waals surface area contributed by atoms with Gasteiger partial charge in [0.2, 0.25) is 15.9 Å². The van der Waals surface area contributed by atoms with Gasteiger partial charge in [-0.1, -0.05) is 11.6 Å². The molecule has 1 aromatic carbocycles. The molecule has 1 aliphatic rings. The van der Waals surface area contributed by atoms with Gasteiger partial charge in [-0.25, -0.2) is 16.9 Å². The molecule has 0 bridgehead atoms. The maximum absolute atomic E-state index is 12.3. The van der Waals surface area contributed by atoms with Gasteiger partial charge in [-0.2, -0.15) is 0 Å². The minimum absolute atomic E-state index is 0.00204. The zero-order valence-corrected chi connectivity index (χ0v) is 15.4. The van der Waals surface area contributed by atoms with Gasteiger partial charge in [0.15, 0.2) is 5.75 Å². The fourth-order valence-corrected chi connectivity index (χ4v) is 3.84. The van der Waals surface area contributed by atoms with Crippen molar-refractivity contribution in [2.75, 3.05) is 26.0 Å². The number of aromatic hydroxyl groups is 1. The summed E-state index contributed by atoms with van der Waals surface area (Å²) < 4.78 is 49.5. The molecule has 1 heterocycles. The van der Waals surface area contributed by atoms with Crippen molar-refractivity contribution in [2.45, 2.75) is 11.8 Å². The van der Waals surface area contributed by atoms with Crippen LogP contribution in [0.15, 0.2) is 25.8 Å². The Hall–Kier alpha value is -1.69. The van der Waals surface area contributed by atoms with Crippen molar-refractivity contribution < 1.29 is 22.5 Å². The van der Waals surface area contributed by atoms with E-state index in [4.69, 9.17) is 16.3 Å². The lowest BCUT2D eigenvalue weighted by molar-refractivity contribution is 0.335. The number of benzene rings is 1. The molecule has 1 atom stereocenters. The molecule has 0 radical (unpaired) electrons. The molecule has 1 aromatic rings. The van der Waals surface area contributed by atoms with E-state index in [2.05, 4.69) is 14.1 Å². The summed E-state index contributed by atoms with van der Waals surface area (Å²) in [7, 11) is -1.35. The van der Waals surface area contributed by atoms with E-state index < -0.39 is 31.8 Å². The Bertz CT molecular complexity index is 851. The molecule has 2 rings (SSSR count). The zero-order valence-electron chi connectivity index (χ0n) is 13.0. The lowest BCUT2D eigenvalue weighted by Crippen LogP contribution is -2.25. The number of nitrogens with one attached hydrogen (secondary N) is 1. The first-order valence-electron chi connectivity index (χ1n) is 6.62. The van der Waals surface area contributed by atoms with Gasteiger partial charge in [0.1, 0.15) is 4.90 Å². The van der Waals surface area contributed by atoms with Gasteiger partial charge in [-0.15, -0.1) is 8.80 Å². The van der Waals surface area contributed by atoms with E-state index in [1.165, 1.54) is 26.2 Å². The quantitative estimate of drug-likeness (QED) is 0.738. The summed E-state index contributed by atoms with van der Waals surface area (Å²) in [5.74, 6) is -0.573. The van der Waals surface area contributed by atoms with Crippen molar-refractivity contribution in [1.29, 1.82) is 0 Å². The van der Waals surface area contributed by atoms with Crippen LogP contribution in [-0.4, -0.2) is 54.5 Å². The zero-order chi connectivity index (χ0) is 18.1. The van der Waals surface area contributed by atoms with Crippen molar-refractivity contribution in [3.05, 3.63) is 17.2 Å². The molecule has 132 valence electrons. The number of halogens is 1. The largest absolute Gasteiger partial charge is 0.504 e. The summed E-state index contributed by atoms with van der Waals surface area (Å²) in [5, 5.41) is 12.9. The Kier molecular flexibility index (Phi) is 5.48. The smallest absolute Gasteiger partial charge is 0.271 e. The molecule has 0 amide bonds. The second-order valence-electron chi connectivity index (χ2n) is 4.69. The summed E-state index contributed by atoms with van der Waals surface area (Å²) in [6, 6.07) is 2.67. The molecule has 0 saturated carbocycles. The first-order valence-corrected chi connectivity index (χ1v) is 9.50. The number of ether oxygens (including phenoxy) is 1. The average Bonchev–Trinajstić information content (AvgIpc) is 2.82. The van der Waals surface area contributed by atoms with E-state index >= 15 is 0 Å². The maximum Gasteiger partial charge on any atom is 0.271 e. The molecular formula is C12H15ClN4O5S2. The van der Waals surface area contributed by atoms with Crippen molar-refractivity contribution in [3.63, 3.8) is 0 Å². The molecule has 1 aliphatic heterocycles. The van der Waals surface area contributed by atoms with Crippen LogP contribution in [0.1, 0.15) is 6.92 Å². The van der Waals surface area contributed by atoms with E-state index in [-0.39, 0.29) is 29.1 Å². The van der Waals surface area contributed by atoms with E-state index in [1.54, 1.807) is 6.92 Å². The van der Waals surface area contributed by atoms with E-state index in [0.29, 0.717) is 0 Å². The van der Waals surface area contributed by atoms with E-state index in [9.17, 15) is 17.7 Å². The van der Waals surface area contributed by atoms with Gasteiger partial charge in [0.05, 0.1) is 17.3 Å². The molecule has 0 spiro atoms. The number of hydrogen-bond donors (Lipinski definition) is 2. The third-order valence-corrected chi connectivity index (χ3v) is 5.87. The Balaban J connectivity index is 2.46. The van der Waals surface area contributed by atoms with Crippen molar-refractivity contribution in [3.8, 4) is 5.75 Å². The van der Waals surface area contributed by atoms with Gasteiger partial charge >= 0.3 is 0 Å². The van der Waals surface area contributed by atoms with E-state index in [0.717, 1.165) is 4.31 Å². The second-order valence-corrected chi connectivity index (χ2v) is 8.01. The maximum atomic E-state index is 12.3. The highest BCUT2D eigenvalue weighted by atomic mass is 35.5. The highest BCUT2D eigenvalue weighted by Crippen LogP contribution is 2.38. The first-order chi connectivity index (χ1) is 11.2. The lowest BCUT2D eigenvalue weighted by Gasteiger charge is -2.17. The van der Waals surface area contributed by atoms with Crippen LogP contribution in [0.2, 0.25) is 5.02 Å². The molecule has 0 aliphatic carbocycles. The number of anilines is 1. The number of nitrogens with zero attached hydrogens (tertiary/aromatic N) is 3.